The highest BCUT2D eigenvalue weighted by Crippen LogP contribution is 2.20. The van der Waals surface area contributed by atoms with Crippen molar-refractivity contribution in [3.8, 4) is 5.75 Å². The monoisotopic (exact) mass is 372 g/mol. The van der Waals surface area contributed by atoms with Crippen LogP contribution >= 0.6 is 11.6 Å². The Kier molecular flexibility index (Phi) is 5.58. The second kappa shape index (κ2) is 8.06. The van der Waals surface area contributed by atoms with Crippen LogP contribution in [0.1, 0.15) is 18.1 Å². The summed E-state index contributed by atoms with van der Waals surface area (Å²) in [5.74, 6) is -0.0658. The van der Waals surface area contributed by atoms with Crippen molar-refractivity contribution in [3.05, 3.63) is 75.1 Å². The molecule has 0 radical (unpaired) electrons. The fraction of sp³-hybridized carbons (Fsp3) is 0.200. The first kappa shape index (κ1) is 18.0. The molecular formula is C20H17ClO5. The van der Waals surface area contributed by atoms with Gasteiger partial charge in [-0.2, -0.15) is 0 Å². The maximum absolute atomic E-state index is 11.9. The van der Waals surface area contributed by atoms with Crippen molar-refractivity contribution in [1.82, 2.24) is 0 Å². The first-order chi connectivity index (χ1) is 12.5. The third-order valence-corrected chi connectivity index (χ3v) is 4.08. The van der Waals surface area contributed by atoms with Gasteiger partial charge in [-0.05, 0) is 36.2 Å². The van der Waals surface area contributed by atoms with Crippen molar-refractivity contribution in [2.75, 3.05) is 6.61 Å². The van der Waals surface area contributed by atoms with Gasteiger partial charge in [-0.15, -0.1) is 0 Å². The Morgan fingerprint density at radius 3 is 2.77 bits per heavy atom. The van der Waals surface area contributed by atoms with Crippen LogP contribution in [-0.4, -0.2) is 12.6 Å². The van der Waals surface area contributed by atoms with E-state index in [4.69, 9.17) is 25.5 Å². The lowest BCUT2D eigenvalue weighted by atomic mass is 10.1. The molecule has 0 aliphatic heterocycles. The van der Waals surface area contributed by atoms with E-state index in [1.165, 1.54) is 6.07 Å². The summed E-state index contributed by atoms with van der Waals surface area (Å²) in [7, 11) is 0. The van der Waals surface area contributed by atoms with Crippen LogP contribution in [0.2, 0.25) is 5.02 Å². The third-order valence-electron chi connectivity index (χ3n) is 3.84. The van der Waals surface area contributed by atoms with Crippen LogP contribution in [0, 0.1) is 0 Å². The molecule has 0 saturated carbocycles. The summed E-state index contributed by atoms with van der Waals surface area (Å²) >= 11 is 5.86. The fourth-order valence-electron chi connectivity index (χ4n) is 2.51. The zero-order valence-corrected chi connectivity index (χ0v) is 14.9. The van der Waals surface area contributed by atoms with Gasteiger partial charge in [-0.25, -0.2) is 9.59 Å². The van der Waals surface area contributed by atoms with Crippen molar-refractivity contribution >= 4 is 28.5 Å². The molecule has 134 valence electrons. The average molecular weight is 373 g/mol. The van der Waals surface area contributed by atoms with E-state index >= 15 is 0 Å². The number of benzene rings is 2. The Labute approximate surface area is 155 Å². The number of ether oxygens (including phenoxy) is 2. The Balaban J connectivity index is 1.67. The highest BCUT2D eigenvalue weighted by atomic mass is 35.5. The van der Waals surface area contributed by atoms with Gasteiger partial charge in [0.1, 0.15) is 17.9 Å². The maximum Gasteiger partial charge on any atom is 0.344 e. The van der Waals surface area contributed by atoms with Gasteiger partial charge in [0, 0.05) is 22.0 Å². The molecule has 0 bridgehead atoms. The molecule has 0 aliphatic rings. The van der Waals surface area contributed by atoms with E-state index in [0.717, 1.165) is 17.4 Å². The molecule has 0 N–H and O–H groups in total. The lowest BCUT2D eigenvalue weighted by molar-refractivity contribution is -0.147. The maximum atomic E-state index is 11.9. The van der Waals surface area contributed by atoms with Gasteiger partial charge >= 0.3 is 11.6 Å². The number of carbonyl (C=O) groups is 1. The van der Waals surface area contributed by atoms with Gasteiger partial charge in [0.25, 0.3) is 0 Å². The number of carbonyl (C=O) groups excluding carboxylic acids is 1. The van der Waals surface area contributed by atoms with Crippen LogP contribution in [0.3, 0.4) is 0 Å². The summed E-state index contributed by atoms with van der Waals surface area (Å²) in [6.45, 7) is 1.73. The summed E-state index contributed by atoms with van der Waals surface area (Å²) in [4.78, 5) is 23.7. The fourth-order valence-corrected chi connectivity index (χ4v) is 2.69. The summed E-state index contributed by atoms with van der Waals surface area (Å²) in [5.41, 5.74) is 1.66. The quantitative estimate of drug-likeness (QED) is 0.480. The summed E-state index contributed by atoms with van der Waals surface area (Å²) in [6, 6.07) is 13.7. The van der Waals surface area contributed by atoms with E-state index in [0.29, 0.717) is 21.9 Å². The summed E-state index contributed by atoms with van der Waals surface area (Å²) in [5, 5.41) is 1.26. The van der Waals surface area contributed by atoms with Crippen molar-refractivity contribution in [2.45, 2.75) is 20.0 Å². The molecule has 5 nitrogen and oxygen atoms in total. The van der Waals surface area contributed by atoms with Crippen LogP contribution in [0.15, 0.2) is 57.7 Å². The molecule has 0 aliphatic carbocycles. The minimum Gasteiger partial charge on any atom is -0.482 e. The SMILES string of the molecule is CCc1ccc2c(COC(=O)COc3cccc(Cl)c3)cc(=O)oc2c1. The molecule has 26 heavy (non-hydrogen) atoms. The molecule has 2 aromatic carbocycles. The van der Waals surface area contributed by atoms with Gasteiger partial charge < -0.3 is 13.9 Å². The van der Waals surface area contributed by atoms with Crippen LogP contribution in [0.25, 0.3) is 11.0 Å². The van der Waals surface area contributed by atoms with Gasteiger partial charge in [-0.1, -0.05) is 36.7 Å². The minimum atomic E-state index is -0.545. The van der Waals surface area contributed by atoms with E-state index in [9.17, 15) is 9.59 Å². The second-order valence-corrected chi connectivity index (χ2v) is 6.12. The minimum absolute atomic E-state index is 0.0364. The van der Waals surface area contributed by atoms with Crippen LogP contribution in [-0.2, 0) is 22.6 Å². The van der Waals surface area contributed by atoms with Gasteiger partial charge in [0.05, 0.1) is 0 Å². The smallest absolute Gasteiger partial charge is 0.344 e. The molecular weight excluding hydrogens is 356 g/mol. The van der Waals surface area contributed by atoms with Crippen molar-refractivity contribution in [1.29, 1.82) is 0 Å². The van der Waals surface area contributed by atoms with E-state index in [2.05, 4.69) is 0 Å². The Morgan fingerprint density at radius 1 is 1.15 bits per heavy atom. The van der Waals surface area contributed by atoms with Crippen LogP contribution in [0.4, 0.5) is 0 Å². The number of hydrogen-bond donors (Lipinski definition) is 0. The van der Waals surface area contributed by atoms with Crippen LogP contribution in [0.5, 0.6) is 5.75 Å². The standard InChI is InChI=1S/C20H17ClO5/c1-2-13-6-7-17-14(9-19(22)26-18(17)8-13)11-25-20(23)12-24-16-5-3-4-15(21)10-16/h3-10H,2,11-12H2,1H3. The highest BCUT2D eigenvalue weighted by molar-refractivity contribution is 6.30. The molecule has 0 saturated heterocycles. The van der Waals surface area contributed by atoms with Crippen molar-refractivity contribution in [2.24, 2.45) is 0 Å². The second-order valence-electron chi connectivity index (χ2n) is 5.68. The molecule has 0 spiro atoms. The van der Waals surface area contributed by atoms with Crippen LogP contribution < -0.4 is 10.4 Å². The number of aryl methyl sites for hydroxylation is 1. The molecule has 1 aromatic heterocycles. The van der Waals surface area contributed by atoms with E-state index < -0.39 is 11.6 Å². The number of fused-ring (bicyclic) bond motifs is 1. The summed E-state index contributed by atoms with van der Waals surface area (Å²) in [6.07, 6.45) is 0.833. The largest absolute Gasteiger partial charge is 0.482 e. The predicted molar refractivity (Wildman–Crippen MR) is 98.6 cm³/mol. The topological polar surface area (TPSA) is 65.7 Å². The average Bonchev–Trinajstić information content (AvgIpc) is 2.63. The third kappa shape index (κ3) is 4.43. The Bertz CT molecular complexity index is 993. The Morgan fingerprint density at radius 2 is 2.00 bits per heavy atom. The molecule has 3 rings (SSSR count). The summed E-state index contributed by atoms with van der Waals surface area (Å²) < 4.78 is 15.8. The molecule has 6 heteroatoms. The zero-order chi connectivity index (χ0) is 18.5. The van der Waals surface area contributed by atoms with Crippen molar-refractivity contribution < 1.29 is 18.7 Å². The predicted octanol–water partition coefficient (Wildman–Crippen LogP) is 4.13. The lowest BCUT2D eigenvalue weighted by Crippen LogP contribution is -2.15. The number of hydrogen-bond acceptors (Lipinski definition) is 5. The molecule has 0 fully saturated rings. The molecule has 0 amide bonds. The normalized spacial score (nSPS) is 10.7. The van der Waals surface area contributed by atoms with E-state index in [1.54, 1.807) is 24.3 Å². The van der Waals surface area contributed by atoms with E-state index in [1.807, 2.05) is 25.1 Å². The first-order valence-electron chi connectivity index (χ1n) is 8.15. The molecule has 0 atom stereocenters. The molecule has 3 aromatic rings. The molecule has 0 unspecified atom stereocenters. The lowest BCUT2D eigenvalue weighted by Gasteiger charge is -2.09. The van der Waals surface area contributed by atoms with Gasteiger partial charge in [0.2, 0.25) is 0 Å². The van der Waals surface area contributed by atoms with Gasteiger partial charge in [-0.3, -0.25) is 0 Å². The number of rotatable bonds is 6. The van der Waals surface area contributed by atoms with Gasteiger partial charge in [0.15, 0.2) is 6.61 Å². The molecule has 1 heterocycles. The Hall–Kier alpha value is -2.79. The number of esters is 1. The number of halogens is 1. The zero-order valence-electron chi connectivity index (χ0n) is 14.2. The highest BCUT2D eigenvalue weighted by Gasteiger charge is 2.10. The first-order valence-corrected chi connectivity index (χ1v) is 8.52. The van der Waals surface area contributed by atoms with E-state index in [-0.39, 0.29) is 13.2 Å². The van der Waals surface area contributed by atoms with Crippen molar-refractivity contribution in [3.63, 3.8) is 0 Å².